The zero-order chi connectivity index (χ0) is 20.5. The number of fused-ring (bicyclic) bond motifs is 2. The molecule has 31 heavy (non-hydrogen) atoms. The van der Waals surface area contributed by atoms with Gasteiger partial charge < -0.3 is 10.2 Å². The fraction of sp³-hybridized carbons (Fsp3) is 0. The maximum absolute atomic E-state index is 10.5. The maximum atomic E-state index is 10.5. The van der Waals surface area contributed by atoms with Crippen LogP contribution in [0.2, 0.25) is 0 Å². The number of hydrogen-bond acceptors (Lipinski definition) is 4. The first kappa shape index (κ1) is 20.8. The first-order valence-electron chi connectivity index (χ1n) is 9.63. The second-order valence-electron chi connectivity index (χ2n) is 7.04. The van der Waals surface area contributed by atoms with Gasteiger partial charge in [-0.25, -0.2) is 4.98 Å². The minimum absolute atomic E-state index is 0. The topological polar surface area (TPSA) is 65.7 Å². The summed E-state index contributed by atoms with van der Waals surface area (Å²) >= 11 is 0. The third-order valence-corrected chi connectivity index (χ3v) is 5.13. The molecule has 0 fully saturated rings. The molecule has 5 heteroatoms. The van der Waals surface area contributed by atoms with Gasteiger partial charge in [0, 0.05) is 32.0 Å². The second kappa shape index (κ2) is 8.71. The van der Waals surface area contributed by atoms with E-state index in [1.807, 2.05) is 78.9 Å². The molecule has 0 radical (unpaired) electrons. The van der Waals surface area contributed by atoms with E-state index in [2.05, 4.69) is 4.99 Å². The van der Waals surface area contributed by atoms with E-state index in [1.54, 1.807) is 18.3 Å². The first-order valence-corrected chi connectivity index (χ1v) is 9.63. The van der Waals surface area contributed by atoms with Gasteiger partial charge in [-0.2, -0.15) is 0 Å². The molecule has 0 aliphatic rings. The molecule has 0 atom stereocenters. The Morgan fingerprint density at radius 2 is 1.42 bits per heavy atom. The molecule has 0 aliphatic heterocycles. The zero-order valence-electron chi connectivity index (χ0n) is 16.3. The SMILES string of the molecule is Oc1ccc2ccccc2c1-c1cccc(C=Nc2cccc3cccc(O)c23)n1.[Pt]. The van der Waals surface area contributed by atoms with Crippen LogP contribution in [0.5, 0.6) is 11.5 Å². The normalized spacial score (nSPS) is 11.1. The number of rotatable bonds is 3. The van der Waals surface area contributed by atoms with Gasteiger partial charge in [-0.05, 0) is 46.5 Å². The molecule has 1 heterocycles. The predicted octanol–water partition coefficient (Wildman–Crippen LogP) is 6.21. The Hall–Kier alpha value is -3.49. The molecule has 154 valence electrons. The van der Waals surface area contributed by atoms with Gasteiger partial charge in [-0.1, -0.05) is 60.7 Å². The van der Waals surface area contributed by atoms with E-state index in [1.165, 1.54) is 0 Å². The number of benzene rings is 4. The van der Waals surface area contributed by atoms with Crippen LogP contribution in [-0.2, 0) is 21.1 Å². The van der Waals surface area contributed by atoms with E-state index in [0.717, 1.165) is 16.2 Å². The van der Waals surface area contributed by atoms with E-state index < -0.39 is 0 Å². The summed E-state index contributed by atoms with van der Waals surface area (Å²) in [6, 6.07) is 28.2. The molecule has 0 bridgehead atoms. The molecule has 2 N–H and O–H groups in total. The summed E-state index contributed by atoms with van der Waals surface area (Å²) in [5, 5.41) is 24.4. The number of phenols is 2. The molecule has 0 unspecified atom stereocenters. The molecule has 0 amide bonds. The molecule has 0 aliphatic carbocycles. The molecule has 1 aromatic heterocycles. The van der Waals surface area contributed by atoms with Crippen molar-refractivity contribution in [1.29, 1.82) is 0 Å². The van der Waals surface area contributed by atoms with Gasteiger partial charge in [0.1, 0.15) is 11.5 Å². The van der Waals surface area contributed by atoms with Crippen LogP contribution in [0.25, 0.3) is 32.8 Å². The fourth-order valence-corrected chi connectivity index (χ4v) is 3.74. The van der Waals surface area contributed by atoms with Crippen molar-refractivity contribution in [2.75, 3.05) is 0 Å². The van der Waals surface area contributed by atoms with Crippen molar-refractivity contribution in [2.24, 2.45) is 4.99 Å². The molecule has 0 spiro atoms. The number of aromatic hydroxyl groups is 2. The standard InChI is InChI=1S/C26H18N2O2.Pt/c29-23-13-4-8-18-7-3-11-21(25(18)23)27-16-19-9-5-12-22(28-19)26-20-10-2-1-6-17(20)14-15-24(26)30;/h1-16,29-30H;. The van der Waals surface area contributed by atoms with Gasteiger partial charge in [0.2, 0.25) is 0 Å². The number of phenolic OH excluding ortho intramolecular Hbond substituents is 2. The number of nitrogens with zero attached hydrogens (tertiary/aromatic N) is 2. The Morgan fingerprint density at radius 1 is 0.677 bits per heavy atom. The number of aromatic nitrogens is 1. The van der Waals surface area contributed by atoms with E-state index in [4.69, 9.17) is 4.98 Å². The molecule has 0 saturated carbocycles. The Balaban J connectivity index is 0.00000231. The van der Waals surface area contributed by atoms with Crippen LogP contribution in [0.15, 0.2) is 96.0 Å². The van der Waals surface area contributed by atoms with Crippen LogP contribution < -0.4 is 0 Å². The Morgan fingerprint density at radius 3 is 2.29 bits per heavy atom. The van der Waals surface area contributed by atoms with E-state index in [9.17, 15) is 10.2 Å². The summed E-state index contributed by atoms with van der Waals surface area (Å²) < 4.78 is 0. The monoisotopic (exact) mass is 585 g/mol. The third-order valence-electron chi connectivity index (χ3n) is 5.13. The van der Waals surface area contributed by atoms with Crippen molar-refractivity contribution in [3.63, 3.8) is 0 Å². The Kier molecular flexibility index (Phi) is 5.83. The minimum Gasteiger partial charge on any atom is -0.507 e. The molecule has 5 aromatic rings. The quantitative estimate of drug-likeness (QED) is 0.248. The molecule has 4 nitrogen and oxygen atoms in total. The van der Waals surface area contributed by atoms with Crippen molar-refractivity contribution in [1.82, 2.24) is 4.98 Å². The van der Waals surface area contributed by atoms with Gasteiger partial charge in [-0.15, -0.1) is 0 Å². The van der Waals surface area contributed by atoms with Crippen molar-refractivity contribution in [3.05, 3.63) is 96.7 Å². The van der Waals surface area contributed by atoms with Gasteiger partial charge in [0.25, 0.3) is 0 Å². The number of pyridine rings is 1. The summed E-state index contributed by atoms with van der Waals surface area (Å²) in [7, 11) is 0. The van der Waals surface area contributed by atoms with E-state index >= 15 is 0 Å². The van der Waals surface area contributed by atoms with Crippen LogP contribution in [0.1, 0.15) is 5.69 Å². The molecule has 4 aromatic carbocycles. The van der Waals surface area contributed by atoms with Crippen LogP contribution in [0, 0.1) is 0 Å². The summed E-state index contributed by atoms with van der Waals surface area (Å²) in [6.07, 6.45) is 1.67. The van der Waals surface area contributed by atoms with Crippen LogP contribution in [0.4, 0.5) is 5.69 Å². The minimum atomic E-state index is 0. The number of aliphatic imine (C=N–C) groups is 1. The summed E-state index contributed by atoms with van der Waals surface area (Å²) in [6.45, 7) is 0. The smallest absolute Gasteiger partial charge is 0.125 e. The predicted molar refractivity (Wildman–Crippen MR) is 122 cm³/mol. The first-order chi connectivity index (χ1) is 14.7. The zero-order valence-corrected chi connectivity index (χ0v) is 18.6. The summed E-state index contributed by atoms with van der Waals surface area (Å²) in [4.78, 5) is 9.27. The van der Waals surface area contributed by atoms with Crippen LogP contribution in [0.3, 0.4) is 0 Å². The number of hydrogen-bond donors (Lipinski definition) is 2. The largest absolute Gasteiger partial charge is 0.507 e. The third kappa shape index (κ3) is 3.95. The van der Waals surface area contributed by atoms with Crippen molar-refractivity contribution in [2.45, 2.75) is 0 Å². The van der Waals surface area contributed by atoms with Crippen LogP contribution >= 0.6 is 0 Å². The average Bonchev–Trinajstić information content (AvgIpc) is 2.78. The van der Waals surface area contributed by atoms with Crippen molar-refractivity contribution >= 4 is 33.4 Å². The van der Waals surface area contributed by atoms with Gasteiger partial charge >= 0.3 is 0 Å². The van der Waals surface area contributed by atoms with Gasteiger partial charge in [0.15, 0.2) is 0 Å². The van der Waals surface area contributed by atoms with Crippen LogP contribution in [-0.4, -0.2) is 21.4 Å². The summed E-state index contributed by atoms with van der Waals surface area (Å²) in [5.41, 5.74) is 2.71. The van der Waals surface area contributed by atoms with Crippen molar-refractivity contribution in [3.8, 4) is 22.8 Å². The molecular formula is C26H18N2O2Pt. The van der Waals surface area contributed by atoms with Crippen molar-refractivity contribution < 1.29 is 31.3 Å². The van der Waals surface area contributed by atoms with E-state index in [0.29, 0.717) is 28.0 Å². The average molecular weight is 586 g/mol. The second-order valence-corrected chi connectivity index (χ2v) is 7.04. The molecular weight excluding hydrogens is 567 g/mol. The Bertz CT molecular complexity index is 1420. The molecule has 5 rings (SSSR count). The molecule has 0 saturated heterocycles. The van der Waals surface area contributed by atoms with Gasteiger partial charge in [0.05, 0.1) is 23.3 Å². The summed E-state index contributed by atoms with van der Waals surface area (Å²) in [5.74, 6) is 0.386. The van der Waals surface area contributed by atoms with E-state index in [-0.39, 0.29) is 32.6 Å². The Labute approximate surface area is 193 Å². The fourth-order valence-electron chi connectivity index (χ4n) is 3.74. The maximum Gasteiger partial charge on any atom is 0.125 e. The van der Waals surface area contributed by atoms with Gasteiger partial charge in [-0.3, -0.25) is 4.99 Å².